The van der Waals surface area contributed by atoms with Gasteiger partial charge in [-0.05, 0) is 13.8 Å². The highest BCUT2D eigenvalue weighted by Crippen LogP contribution is 2.00. The van der Waals surface area contributed by atoms with Crippen LogP contribution >= 0.6 is 0 Å². The first-order valence-corrected chi connectivity index (χ1v) is 9.32. The van der Waals surface area contributed by atoms with E-state index in [-0.39, 0.29) is 13.2 Å². The molecule has 0 radical (unpaired) electrons. The van der Waals surface area contributed by atoms with E-state index in [1.165, 1.54) is 13.8 Å². The first kappa shape index (κ1) is 20.8. The Balaban J connectivity index is 4.28. The average Bonchev–Trinajstić information content (AvgIpc) is 2.42. The van der Waals surface area contributed by atoms with E-state index in [0.29, 0.717) is 0 Å². The van der Waals surface area contributed by atoms with Crippen molar-refractivity contribution in [3.05, 3.63) is 0 Å². The van der Waals surface area contributed by atoms with E-state index >= 15 is 0 Å². The van der Waals surface area contributed by atoms with Crippen LogP contribution in [0.5, 0.6) is 0 Å². The van der Waals surface area contributed by atoms with Crippen molar-refractivity contribution in [2.24, 2.45) is 0 Å². The summed E-state index contributed by atoms with van der Waals surface area (Å²) in [7, 11) is -8.51. The van der Waals surface area contributed by atoms with Crippen LogP contribution < -0.4 is 0 Å². The van der Waals surface area contributed by atoms with Crippen molar-refractivity contribution in [3.63, 3.8) is 0 Å². The van der Waals surface area contributed by atoms with E-state index in [0.717, 1.165) is 0 Å². The molecule has 0 rings (SSSR count). The lowest BCUT2D eigenvalue weighted by Gasteiger charge is -2.07. The molecule has 0 saturated heterocycles. The number of ether oxygens (including phenoxy) is 2. The lowest BCUT2D eigenvalue weighted by atomic mass is 10.7. The third kappa shape index (κ3) is 10.5. The monoisotopic (exact) mass is 362 g/mol. The van der Waals surface area contributed by atoms with Gasteiger partial charge in [0.25, 0.3) is 20.2 Å². The van der Waals surface area contributed by atoms with E-state index in [2.05, 4.69) is 17.8 Å². The van der Waals surface area contributed by atoms with Gasteiger partial charge >= 0.3 is 11.9 Å². The van der Waals surface area contributed by atoms with Crippen molar-refractivity contribution in [1.29, 1.82) is 0 Å². The molecular formula is C10H18O10S2. The van der Waals surface area contributed by atoms with E-state index in [1.54, 1.807) is 0 Å². The molecule has 0 aromatic heterocycles. The molecule has 0 aliphatic carbocycles. The number of carbonyl (C=O) groups is 2. The molecule has 0 aliphatic rings. The second-order valence-corrected chi connectivity index (χ2v) is 7.18. The minimum atomic E-state index is -4.25. The third-order valence-corrected chi connectivity index (χ3v) is 4.53. The minimum Gasteiger partial charge on any atom is -0.464 e. The Kier molecular flexibility index (Phi) is 9.16. The first-order chi connectivity index (χ1) is 10.1. The van der Waals surface area contributed by atoms with Crippen LogP contribution in [0.25, 0.3) is 0 Å². The average molecular weight is 362 g/mol. The first-order valence-electron chi connectivity index (χ1n) is 6.17. The topological polar surface area (TPSA) is 139 Å². The van der Waals surface area contributed by atoms with E-state index in [1.807, 2.05) is 0 Å². The Bertz CT molecular complexity index is 511. The molecule has 130 valence electrons. The Morgan fingerprint density at radius 1 is 0.727 bits per heavy atom. The normalized spacial score (nSPS) is 11.9. The SMILES string of the molecule is CCOC(=O)COS(=O)(=O)CCS(=O)(=O)OCC(=O)OCC. The lowest BCUT2D eigenvalue weighted by Crippen LogP contribution is -2.25. The van der Waals surface area contributed by atoms with Gasteiger partial charge in [-0.15, -0.1) is 0 Å². The molecule has 0 N–H and O–H groups in total. The predicted molar refractivity (Wildman–Crippen MR) is 72.7 cm³/mol. The fraction of sp³-hybridized carbons (Fsp3) is 0.800. The van der Waals surface area contributed by atoms with Crippen LogP contribution in [0.15, 0.2) is 0 Å². The minimum absolute atomic E-state index is 0.0539. The quantitative estimate of drug-likeness (QED) is 0.325. The molecule has 0 heterocycles. The van der Waals surface area contributed by atoms with Gasteiger partial charge in [0.1, 0.15) is 0 Å². The van der Waals surface area contributed by atoms with Crippen molar-refractivity contribution >= 4 is 32.2 Å². The van der Waals surface area contributed by atoms with Crippen LogP contribution in [0.2, 0.25) is 0 Å². The number of carbonyl (C=O) groups excluding carboxylic acids is 2. The Labute approximate surface area is 128 Å². The summed E-state index contributed by atoms with van der Waals surface area (Å²) >= 11 is 0. The molecule has 0 spiro atoms. The third-order valence-electron chi connectivity index (χ3n) is 1.91. The van der Waals surface area contributed by atoms with Gasteiger partial charge in [0.15, 0.2) is 13.2 Å². The molecule has 0 aromatic carbocycles. The smallest absolute Gasteiger partial charge is 0.333 e. The van der Waals surface area contributed by atoms with Crippen molar-refractivity contribution in [2.75, 3.05) is 37.9 Å². The van der Waals surface area contributed by atoms with Gasteiger partial charge in [-0.25, -0.2) is 9.59 Å². The van der Waals surface area contributed by atoms with Gasteiger partial charge in [-0.1, -0.05) is 0 Å². The van der Waals surface area contributed by atoms with E-state index in [4.69, 9.17) is 0 Å². The highest BCUT2D eigenvalue weighted by Gasteiger charge is 2.21. The number of hydrogen-bond acceptors (Lipinski definition) is 10. The van der Waals surface area contributed by atoms with Gasteiger partial charge in [0.2, 0.25) is 0 Å². The van der Waals surface area contributed by atoms with Crippen LogP contribution in [0.3, 0.4) is 0 Å². The number of hydrogen-bond donors (Lipinski definition) is 0. The fourth-order valence-electron chi connectivity index (χ4n) is 1.00. The van der Waals surface area contributed by atoms with E-state index in [9.17, 15) is 26.4 Å². The molecule has 0 aromatic rings. The molecule has 10 nitrogen and oxygen atoms in total. The Hall–Kier alpha value is -1.24. The van der Waals surface area contributed by atoms with E-state index < -0.39 is 56.9 Å². The molecule has 0 unspecified atom stereocenters. The summed E-state index contributed by atoms with van der Waals surface area (Å²) in [5.74, 6) is -3.66. The van der Waals surface area contributed by atoms with Crippen molar-refractivity contribution in [1.82, 2.24) is 0 Å². The van der Waals surface area contributed by atoms with Gasteiger partial charge in [-0.2, -0.15) is 16.8 Å². The summed E-state index contributed by atoms with van der Waals surface area (Å²) in [4.78, 5) is 21.8. The number of rotatable bonds is 11. The Morgan fingerprint density at radius 3 is 1.32 bits per heavy atom. The molecular weight excluding hydrogens is 344 g/mol. The van der Waals surface area contributed by atoms with Gasteiger partial charge in [0, 0.05) is 0 Å². The molecule has 0 fully saturated rings. The predicted octanol–water partition coefficient (Wildman–Crippen LogP) is -1.19. The molecule has 0 atom stereocenters. The number of esters is 2. The van der Waals surface area contributed by atoms with Crippen LogP contribution in [-0.2, 0) is 47.7 Å². The zero-order valence-electron chi connectivity index (χ0n) is 12.1. The molecule has 0 saturated carbocycles. The second-order valence-electron chi connectivity index (χ2n) is 3.66. The molecule has 0 amide bonds. The van der Waals surface area contributed by atoms with Crippen LogP contribution in [-0.4, -0.2) is 66.7 Å². The molecule has 0 bridgehead atoms. The fourth-order valence-corrected chi connectivity index (χ4v) is 3.42. The summed E-state index contributed by atoms with van der Waals surface area (Å²) < 4.78 is 63.0. The lowest BCUT2D eigenvalue weighted by molar-refractivity contribution is -0.146. The highest BCUT2D eigenvalue weighted by molar-refractivity contribution is 7.90. The summed E-state index contributed by atoms with van der Waals surface area (Å²) in [5, 5.41) is 0. The van der Waals surface area contributed by atoms with Crippen molar-refractivity contribution in [2.45, 2.75) is 13.8 Å². The summed E-state index contributed by atoms with van der Waals surface area (Å²) in [5.41, 5.74) is 0. The second kappa shape index (κ2) is 9.71. The summed E-state index contributed by atoms with van der Waals surface area (Å²) in [6, 6.07) is 0. The van der Waals surface area contributed by atoms with Crippen LogP contribution in [0, 0.1) is 0 Å². The zero-order valence-corrected chi connectivity index (χ0v) is 13.8. The van der Waals surface area contributed by atoms with Crippen molar-refractivity contribution < 1.29 is 44.3 Å². The molecule has 12 heteroatoms. The molecule has 22 heavy (non-hydrogen) atoms. The maximum atomic E-state index is 11.4. The zero-order chi connectivity index (χ0) is 17.2. The maximum absolute atomic E-state index is 11.4. The van der Waals surface area contributed by atoms with Crippen LogP contribution in [0.4, 0.5) is 0 Å². The summed E-state index contributed by atoms with van der Waals surface area (Å²) in [6.07, 6.45) is 0. The summed E-state index contributed by atoms with van der Waals surface area (Å²) in [6.45, 7) is 1.47. The highest BCUT2D eigenvalue weighted by atomic mass is 32.2. The van der Waals surface area contributed by atoms with Gasteiger partial charge < -0.3 is 9.47 Å². The Morgan fingerprint density at radius 2 is 1.05 bits per heavy atom. The van der Waals surface area contributed by atoms with Crippen molar-refractivity contribution in [3.8, 4) is 0 Å². The molecule has 0 aliphatic heterocycles. The standard InChI is InChI=1S/C10H18O10S2/c1-3-17-9(11)7-19-21(13,14)5-6-22(15,16)20-8-10(12)18-4-2/h3-8H2,1-2H3. The van der Waals surface area contributed by atoms with Gasteiger partial charge in [-0.3, -0.25) is 8.37 Å². The maximum Gasteiger partial charge on any atom is 0.333 e. The largest absolute Gasteiger partial charge is 0.464 e. The van der Waals surface area contributed by atoms with Gasteiger partial charge in [0.05, 0.1) is 24.7 Å². The van der Waals surface area contributed by atoms with Crippen LogP contribution in [0.1, 0.15) is 13.8 Å².